The Balaban J connectivity index is 1.75. The zero-order valence-corrected chi connectivity index (χ0v) is 14.6. The lowest BCUT2D eigenvalue weighted by Crippen LogP contribution is -2.30. The molecular formula is C20H16ClN3O2. The quantitative estimate of drug-likeness (QED) is 0.557. The number of carbonyl (C=O) groups is 1. The number of nitrogens with zero attached hydrogens (tertiary/aromatic N) is 2. The summed E-state index contributed by atoms with van der Waals surface area (Å²) in [6.07, 6.45) is 3.09. The molecule has 26 heavy (non-hydrogen) atoms. The van der Waals surface area contributed by atoms with E-state index in [-0.39, 0.29) is 11.1 Å². The van der Waals surface area contributed by atoms with Gasteiger partial charge in [0.25, 0.3) is 11.5 Å². The summed E-state index contributed by atoms with van der Waals surface area (Å²) < 4.78 is 1.49. The molecule has 6 heteroatoms. The first-order valence-corrected chi connectivity index (χ1v) is 8.34. The van der Waals surface area contributed by atoms with Crippen molar-refractivity contribution in [2.75, 3.05) is 0 Å². The minimum atomic E-state index is -0.569. The number of rotatable bonds is 5. The number of hydrogen-bond donors (Lipinski definition) is 1. The molecule has 0 aliphatic heterocycles. The number of carbonyl (C=O) groups excluding carboxylic acids is 1. The Kier molecular flexibility index (Phi) is 5.61. The monoisotopic (exact) mass is 365 g/mol. The first-order valence-electron chi connectivity index (χ1n) is 7.96. The maximum Gasteiger partial charge on any atom is 0.276 e. The molecule has 0 bridgehead atoms. The third kappa shape index (κ3) is 4.26. The van der Waals surface area contributed by atoms with E-state index in [1.165, 1.54) is 16.8 Å². The topological polar surface area (TPSA) is 63.5 Å². The van der Waals surface area contributed by atoms with Crippen LogP contribution in [0.2, 0.25) is 5.02 Å². The van der Waals surface area contributed by atoms with Gasteiger partial charge in [-0.2, -0.15) is 5.10 Å². The summed E-state index contributed by atoms with van der Waals surface area (Å²) in [5.74, 6) is -0.569. The summed E-state index contributed by atoms with van der Waals surface area (Å²) in [5.41, 5.74) is 3.67. The molecule has 130 valence electrons. The fraction of sp³-hybridized carbons (Fsp3) is 0.0500. The number of amides is 1. The second-order valence-electron chi connectivity index (χ2n) is 5.56. The second kappa shape index (κ2) is 8.27. The van der Waals surface area contributed by atoms with Crippen molar-refractivity contribution >= 4 is 23.7 Å². The van der Waals surface area contributed by atoms with E-state index in [2.05, 4.69) is 10.5 Å². The molecule has 0 saturated carbocycles. The smallest absolute Gasteiger partial charge is 0.276 e. The number of hydrogen-bond acceptors (Lipinski definition) is 3. The lowest BCUT2D eigenvalue weighted by atomic mass is 10.2. The van der Waals surface area contributed by atoms with Gasteiger partial charge in [0.05, 0.1) is 12.8 Å². The fourth-order valence-corrected chi connectivity index (χ4v) is 2.60. The molecule has 1 amide bonds. The van der Waals surface area contributed by atoms with Gasteiger partial charge in [0.2, 0.25) is 0 Å². The summed E-state index contributed by atoms with van der Waals surface area (Å²) in [5, 5.41) is 4.40. The van der Waals surface area contributed by atoms with Crippen LogP contribution in [0, 0.1) is 0 Å². The molecule has 1 N–H and O–H groups in total. The summed E-state index contributed by atoms with van der Waals surface area (Å²) >= 11 is 6.02. The first kappa shape index (κ1) is 17.6. The number of halogens is 1. The van der Waals surface area contributed by atoms with E-state index in [0.717, 1.165) is 5.56 Å². The predicted octanol–water partition coefficient (Wildman–Crippen LogP) is 3.31. The third-order valence-electron chi connectivity index (χ3n) is 3.74. The highest BCUT2D eigenvalue weighted by Gasteiger charge is 2.11. The van der Waals surface area contributed by atoms with E-state index in [1.54, 1.807) is 30.5 Å². The Hall–Kier alpha value is -3.18. The number of aromatic nitrogens is 1. The standard InChI is InChI=1S/C20H16ClN3O2/c21-18-11-5-4-9-16(18)13-22-23-19(25)17-10-6-12-24(20(17)26)14-15-7-2-1-3-8-15/h1-13H,14H2,(H,23,25)/b22-13-. The molecule has 2 aromatic carbocycles. The first-order chi connectivity index (χ1) is 12.6. The van der Waals surface area contributed by atoms with Gasteiger partial charge >= 0.3 is 0 Å². The molecule has 1 heterocycles. The maximum absolute atomic E-state index is 12.5. The third-order valence-corrected chi connectivity index (χ3v) is 4.08. The molecule has 5 nitrogen and oxygen atoms in total. The van der Waals surface area contributed by atoms with Crippen LogP contribution in [-0.2, 0) is 6.54 Å². The molecule has 0 aliphatic rings. The Labute approximate surface area is 155 Å². The van der Waals surface area contributed by atoms with E-state index >= 15 is 0 Å². The van der Waals surface area contributed by atoms with E-state index in [0.29, 0.717) is 17.1 Å². The molecule has 0 atom stereocenters. The maximum atomic E-state index is 12.5. The van der Waals surface area contributed by atoms with Crippen LogP contribution in [0.4, 0.5) is 0 Å². The summed E-state index contributed by atoms with van der Waals surface area (Å²) in [4.78, 5) is 24.8. The molecule has 0 unspecified atom stereocenters. The number of benzene rings is 2. The molecular weight excluding hydrogens is 350 g/mol. The summed E-state index contributed by atoms with van der Waals surface area (Å²) in [6.45, 7) is 0.393. The normalized spacial score (nSPS) is 10.8. The zero-order chi connectivity index (χ0) is 18.4. The van der Waals surface area contributed by atoms with Crippen molar-refractivity contribution < 1.29 is 4.79 Å². The Morgan fingerprint density at radius 1 is 1.04 bits per heavy atom. The van der Waals surface area contributed by atoms with E-state index in [4.69, 9.17) is 11.6 Å². The van der Waals surface area contributed by atoms with E-state index in [1.807, 2.05) is 36.4 Å². The van der Waals surface area contributed by atoms with Gasteiger partial charge in [-0.3, -0.25) is 9.59 Å². The molecule has 0 aliphatic carbocycles. The highest BCUT2D eigenvalue weighted by Crippen LogP contribution is 2.12. The van der Waals surface area contributed by atoms with Crippen molar-refractivity contribution in [1.82, 2.24) is 9.99 Å². The summed E-state index contributed by atoms with van der Waals surface area (Å²) in [7, 11) is 0. The van der Waals surface area contributed by atoms with Gasteiger partial charge < -0.3 is 4.57 Å². The average Bonchev–Trinajstić information content (AvgIpc) is 2.66. The van der Waals surface area contributed by atoms with Crippen LogP contribution in [0.25, 0.3) is 0 Å². The lowest BCUT2D eigenvalue weighted by molar-refractivity contribution is 0.0953. The average molecular weight is 366 g/mol. The Morgan fingerprint density at radius 3 is 2.54 bits per heavy atom. The van der Waals surface area contributed by atoms with Crippen LogP contribution in [0.15, 0.2) is 82.8 Å². The van der Waals surface area contributed by atoms with Crippen molar-refractivity contribution in [3.8, 4) is 0 Å². The molecule has 0 saturated heterocycles. The molecule has 3 rings (SSSR count). The van der Waals surface area contributed by atoms with Crippen molar-refractivity contribution in [2.45, 2.75) is 6.54 Å². The second-order valence-corrected chi connectivity index (χ2v) is 5.97. The van der Waals surface area contributed by atoms with Gasteiger partial charge in [0.1, 0.15) is 5.56 Å². The van der Waals surface area contributed by atoms with Crippen LogP contribution < -0.4 is 11.0 Å². The molecule has 0 spiro atoms. The molecule has 0 fully saturated rings. The van der Waals surface area contributed by atoms with Gasteiger partial charge in [-0.15, -0.1) is 0 Å². The van der Waals surface area contributed by atoms with Gasteiger partial charge in [-0.05, 0) is 23.8 Å². The van der Waals surface area contributed by atoms with Gasteiger partial charge in [-0.1, -0.05) is 60.1 Å². The molecule has 0 radical (unpaired) electrons. The van der Waals surface area contributed by atoms with Crippen molar-refractivity contribution in [3.05, 3.63) is 105 Å². The highest BCUT2D eigenvalue weighted by atomic mass is 35.5. The Bertz CT molecular complexity index is 997. The van der Waals surface area contributed by atoms with Gasteiger partial charge in [0, 0.05) is 16.8 Å². The fourth-order valence-electron chi connectivity index (χ4n) is 2.41. The van der Waals surface area contributed by atoms with Crippen LogP contribution in [0.5, 0.6) is 0 Å². The molecule has 3 aromatic rings. The predicted molar refractivity (Wildman–Crippen MR) is 103 cm³/mol. The largest absolute Gasteiger partial charge is 0.310 e. The van der Waals surface area contributed by atoms with E-state index in [9.17, 15) is 9.59 Å². The number of pyridine rings is 1. The lowest BCUT2D eigenvalue weighted by Gasteiger charge is -2.07. The van der Waals surface area contributed by atoms with Crippen LogP contribution in [0.3, 0.4) is 0 Å². The number of nitrogens with one attached hydrogen (secondary N) is 1. The Morgan fingerprint density at radius 2 is 1.77 bits per heavy atom. The minimum Gasteiger partial charge on any atom is -0.310 e. The summed E-state index contributed by atoms with van der Waals surface area (Å²) in [6, 6.07) is 19.8. The van der Waals surface area contributed by atoms with Crippen molar-refractivity contribution in [1.29, 1.82) is 0 Å². The van der Waals surface area contributed by atoms with Gasteiger partial charge in [-0.25, -0.2) is 5.43 Å². The van der Waals surface area contributed by atoms with E-state index < -0.39 is 5.91 Å². The number of hydrazone groups is 1. The van der Waals surface area contributed by atoms with Crippen molar-refractivity contribution in [3.63, 3.8) is 0 Å². The minimum absolute atomic E-state index is 0.0275. The van der Waals surface area contributed by atoms with Crippen LogP contribution in [0.1, 0.15) is 21.5 Å². The van der Waals surface area contributed by atoms with Crippen LogP contribution >= 0.6 is 11.6 Å². The molecule has 1 aromatic heterocycles. The van der Waals surface area contributed by atoms with Crippen LogP contribution in [-0.4, -0.2) is 16.7 Å². The zero-order valence-electron chi connectivity index (χ0n) is 13.8. The van der Waals surface area contributed by atoms with Gasteiger partial charge in [0.15, 0.2) is 0 Å². The van der Waals surface area contributed by atoms with Crippen molar-refractivity contribution in [2.24, 2.45) is 5.10 Å². The highest BCUT2D eigenvalue weighted by molar-refractivity contribution is 6.33. The SMILES string of the molecule is O=C(N/N=C\c1ccccc1Cl)c1cccn(Cc2ccccc2)c1=O.